The van der Waals surface area contributed by atoms with Crippen molar-refractivity contribution in [3.05, 3.63) is 18.2 Å². The topological polar surface area (TPSA) is 47.0 Å². The number of nitrogens with one attached hydrogen (secondary N) is 1. The van der Waals surface area contributed by atoms with Crippen molar-refractivity contribution in [2.24, 2.45) is 0 Å². The molecule has 0 spiro atoms. The first-order valence-electron chi connectivity index (χ1n) is 3.96. The third-order valence-electron chi connectivity index (χ3n) is 1.57. The molecule has 0 fully saturated rings. The monoisotopic (exact) mass is 185 g/mol. The van der Waals surface area contributed by atoms with Crippen LogP contribution < -0.4 is 5.32 Å². The molecular weight excluding hydrogens is 173 g/mol. The van der Waals surface area contributed by atoms with Crippen LogP contribution in [-0.4, -0.2) is 29.7 Å². The molecule has 72 valence electrons. The predicted octanol–water partition coefficient (Wildman–Crippen LogP) is 1.06. The van der Waals surface area contributed by atoms with Crippen LogP contribution in [0.15, 0.2) is 12.4 Å². The summed E-state index contributed by atoms with van der Waals surface area (Å²) >= 11 is 0. The fourth-order valence-corrected chi connectivity index (χ4v) is 0.722. The zero-order valence-electron chi connectivity index (χ0n) is 7.62. The van der Waals surface area contributed by atoms with Crippen molar-refractivity contribution in [1.29, 1.82) is 0 Å². The van der Waals surface area contributed by atoms with E-state index in [0.29, 0.717) is 12.5 Å². The van der Waals surface area contributed by atoms with Crippen molar-refractivity contribution in [1.82, 2.24) is 9.97 Å². The standard InChI is InChI=1S/C8H12FN3O/c1-6(13-2)3-10-8-11-4-7(9)5-12-8/h4-6H,3H2,1-2H3,(H,10,11,12). The Morgan fingerprint density at radius 1 is 1.54 bits per heavy atom. The minimum atomic E-state index is -0.440. The van der Waals surface area contributed by atoms with Gasteiger partial charge in [-0.25, -0.2) is 14.4 Å². The highest BCUT2D eigenvalue weighted by molar-refractivity contribution is 5.22. The average Bonchev–Trinajstić information content (AvgIpc) is 2.16. The van der Waals surface area contributed by atoms with E-state index in [9.17, 15) is 4.39 Å². The first-order valence-corrected chi connectivity index (χ1v) is 3.96. The number of methoxy groups -OCH3 is 1. The third kappa shape index (κ3) is 3.33. The number of hydrogen-bond acceptors (Lipinski definition) is 4. The van der Waals surface area contributed by atoms with Crippen LogP contribution in [0.3, 0.4) is 0 Å². The van der Waals surface area contributed by atoms with E-state index in [4.69, 9.17) is 4.74 Å². The summed E-state index contributed by atoms with van der Waals surface area (Å²) < 4.78 is 17.4. The minimum Gasteiger partial charge on any atom is -0.380 e. The van der Waals surface area contributed by atoms with Crippen molar-refractivity contribution in [2.45, 2.75) is 13.0 Å². The number of hydrogen-bond donors (Lipinski definition) is 1. The molecule has 0 radical (unpaired) electrons. The van der Waals surface area contributed by atoms with Gasteiger partial charge in [0, 0.05) is 13.7 Å². The Hall–Kier alpha value is -1.23. The number of rotatable bonds is 4. The van der Waals surface area contributed by atoms with Crippen LogP contribution in [-0.2, 0) is 4.74 Å². The smallest absolute Gasteiger partial charge is 0.222 e. The van der Waals surface area contributed by atoms with Gasteiger partial charge in [-0.15, -0.1) is 0 Å². The SMILES string of the molecule is COC(C)CNc1ncc(F)cn1. The lowest BCUT2D eigenvalue weighted by Crippen LogP contribution is -2.19. The Morgan fingerprint density at radius 3 is 2.69 bits per heavy atom. The van der Waals surface area contributed by atoms with E-state index < -0.39 is 5.82 Å². The Balaban J connectivity index is 2.41. The number of anilines is 1. The maximum absolute atomic E-state index is 12.4. The molecule has 4 nitrogen and oxygen atoms in total. The Labute approximate surface area is 76.2 Å². The molecule has 0 aliphatic heterocycles. The van der Waals surface area contributed by atoms with Crippen LogP contribution in [0, 0.1) is 5.82 Å². The fourth-order valence-electron chi connectivity index (χ4n) is 0.722. The highest BCUT2D eigenvalue weighted by atomic mass is 19.1. The van der Waals surface area contributed by atoms with E-state index in [1.54, 1.807) is 7.11 Å². The highest BCUT2D eigenvalue weighted by Gasteiger charge is 2.00. The van der Waals surface area contributed by atoms with Crippen molar-refractivity contribution in [2.75, 3.05) is 19.0 Å². The molecule has 1 aromatic rings. The van der Waals surface area contributed by atoms with Gasteiger partial charge in [0.1, 0.15) is 0 Å². The van der Waals surface area contributed by atoms with Gasteiger partial charge in [-0.3, -0.25) is 0 Å². The summed E-state index contributed by atoms with van der Waals surface area (Å²) in [5, 5.41) is 2.91. The average molecular weight is 185 g/mol. The second kappa shape index (κ2) is 4.71. The minimum absolute atomic E-state index is 0.0775. The van der Waals surface area contributed by atoms with E-state index in [-0.39, 0.29) is 6.10 Å². The van der Waals surface area contributed by atoms with Crippen LogP contribution in [0.1, 0.15) is 6.92 Å². The lowest BCUT2D eigenvalue weighted by molar-refractivity contribution is 0.128. The molecule has 0 aliphatic rings. The van der Waals surface area contributed by atoms with Crippen molar-refractivity contribution in [3.8, 4) is 0 Å². The molecule has 0 amide bonds. The largest absolute Gasteiger partial charge is 0.380 e. The van der Waals surface area contributed by atoms with Crippen LogP contribution in [0.5, 0.6) is 0 Å². The summed E-state index contributed by atoms with van der Waals surface area (Å²) in [6.07, 6.45) is 2.31. The van der Waals surface area contributed by atoms with Gasteiger partial charge < -0.3 is 10.1 Å². The maximum atomic E-state index is 12.4. The van der Waals surface area contributed by atoms with Crippen LogP contribution in [0.25, 0.3) is 0 Å². The lowest BCUT2D eigenvalue weighted by Gasteiger charge is -2.09. The van der Waals surface area contributed by atoms with E-state index in [2.05, 4.69) is 15.3 Å². The molecule has 1 aromatic heterocycles. The van der Waals surface area contributed by atoms with Crippen LogP contribution >= 0.6 is 0 Å². The lowest BCUT2D eigenvalue weighted by atomic mass is 10.4. The quantitative estimate of drug-likeness (QED) is 0.762. The summed E-state index contributed by atoms with van der Waals surface area (Å²) in [6, 6.07) is 0. The molecule has 1 heterocycles. The molecule has 0 saturated carbocycles. The highest BCUT2D eigenvalue weighted by Crippen LogP contribution is 1.98. The summed E-state index contributed by atoms with van der Waals surface area (Å²) in [5.41, 5.74) is 0. The summed E-state index contributed by atoms with van der Waals surface area (Å²) in [5.74, 6) is -0.0318. The summed E-state index contributed by atoms with van der Waals surface area (Å²) in [7, 11) is 1.62. The number of aromatic nitrogens is 2. The molecule has 1 rings (SSSR count). The van der Waals surface area contributed by atoms with Crippen molar-refractivity contribution < 1.29 is 9.13 Å². The van der Waals surface area contributed by atoms with Gasteiger partial charge in [0.25, 0.3) is 0 Å². The molecule has 1 unspecified atom stereocenters. The molecule has 0 aliphatic carbocycles. The molecule has 5 heteroatoms. The Morgan fingerprint density at radius 2 is 2.15 bits per heavy atom. The number of halogens is 1. The first kappa shape index (κ1) is 9.85. The molecular formula is C8H12FN3O. The molecule has 1 atom stereocenters. The van der Waals surface area contributed by atoms with E-state index >= 15 is 0 Å². The summed E-state index contributed by atoms with van der Waals surface area (Å²) in [4.78, 5) is 7.46. The van der Waals surface area contributed by atoms with E-state index in [1.807, 2.05) is 6.92 Å². The van der Waals surface area contributed by atoms with Gasteiger partial charge in [-0.2, -0.15) is 0 Å². The van der Waals surface area contributed by atoms with Gasteiger partial charge in [0.05, 0.1) is 18.5 Å². The van der Waals surface area contributed by atoms with Crippen molar-refractivity contribution >= 4 is 5.95 Å². The number of nitrogens with zero attached hydrogens (tertiary/aromatic N) is 2. The predicted molar refractivity (Wildman–Crippen MR) is 47.0 cm³/mol. The van der Waals surface area contributed by atoms with Crippen LogP contribution in [0.4, 0.5) is 10.3 Å². The van der Waals surface area contributed by atoms with Gasteiger partial charge in [0.15, 0.2) is 5.82 Å². The molecule has 0 saturated heterocycles. The Kier molecular flexibility index (Phi) is 3.57. The third-order valence-corrected chi connectivity index (χ3v) is 1.57. The summed E-state index contributed by atoms with van der Waals surface area (Å²) in [6.45, 7) is 2.51. The fraction of sp³-hybridized carbons (Fsp3) is 0.500. The first-order chi connectivity index (χ1) is 6.22. The maximum Gasteiger partial charge on any atom is 0.222 e. The van der Waals surface area contributed by atoms with Gasteiger partial charge in [-0.05, 0) is 6.92 Å². The molecule has 13 heavy (non-hydrogen) atoms. The van der Waals surface area contributed by atoms with Crippen molar-refractivity contribution in [3.63, 3.8) is 0 Å². The normalized spacial score (nSPS) is 12.5. The van der Waals surface area contributed by atoms with E-state index in [1.165, 1.54) is 0 Å². The zero-order valence-corrected chi connectivity index (χ0v) is 7.62. The second-order valence-electron chi connectivity index (χ2n) is 2.65. The van der Waals surface area contributed by atoms with Gasteiger partial charge in [-0.1, -0.05) is 0 Å². The molecule has 1 N–H and O–H groups in total. The zero-order chi connectivity index (χ0) is 9.68. The molecule has 0 bridgehead atoms. The Bertz CT molecular complexity index is 252. The van der Waals surface area contributed by atoms with Crippen LogP contribution in [0.2, 0.25) is 0 Å². The molecule has 0 aromatic carbocycles. The van der Waals surface area contributed by atoms with Gasteiger partial charge in [0.2, 0.25) is 5.95 Å². The number of ether oxygens (including phenoxy) is 1. The second-order valence-corrected chi connectivity index (χ2v) is 2.65. The van der Waals surface area contributed by atoms with Gasteiger partial charge >= 0.3 is 0 Å². The van der Waals surface area contributed by atoms with E-state index in [0.717, 1.165) is 12.4 Å².